The van der Waals surface area contributed by atoms with Gasteiger partial charge in [-0.05, 0) is 30.7 Å². The molecule has 2 aliphatic rings. The number of amides is 2. The normalized spacial score (nSPS) is 18.7. The SMILES string of the molecule is Cc1c(SCC2=C(C(=O)O)N3C(=O)[C@@H](NC(=O)CSc4cc(Cl)ccc4Cl)[C@H]3SC2)cc[n+](CCS(=O)(=O)O)c1C. The number of thioether (sulfide) groups is 3. The molecule has 2 aliphatic heterocycles. The number of aliphatic carboxylic acids is 1. The van der Waals surface area contributed by atoms with Crippen LogP contribution in [0.1, 0.15) is 11.3 Å². The van der Waals surface area contributed by atoms with Crippen LogP contribution in [0.2, 0.25) is 10.0 Å². The molecule has 0 radical (unpaired) electrons. The molecular weight excluding hydrogens is 653 g/mol. The molecule has 220 valence electrons. The summed E-state index contributed by atoms with van der Waals surface area (Å²) < 4.78 is 33.0. The topological polar surface area (TPSA) is 145 Å². The number of halogens is 2. The molecule has 2 amide bonds. The Labute approximate surface area is 260 Å². The van der Waals surface area contributed by atoms with Crippen molar-refractivity contribution in [2.75, 3.05) is 23.0 Å². The van der Waals surface area contributed by atoms with Gasteiger partial charge in [-0.2, -0.15) is 8.42 Å². The Balaban J connectivity index is 1.40. The molecule has 2 aromatic rings. The van der Waals surface area contributed by atoms with E-state index in [1.54, 1.807) is 29.0 Å². The number of benzene rings is 1. The lowest BCUT2D eigenvalue weighted by atomic mass is 10.0. The first kappa shape index (κ1) is 32.0. The molecular formula is C25H26Cl2N3O7S4+. The van der Waals surface area contributed by atoms with E-state index in [-0.39, 0.29) is 23.9 Å². The number of rotatable bonds is 11. The minimum absolute atomic E-state index is 0.0103. The van der Waals surface area contributed by atoms with Gasteiger partial charge in [0.05, 0.1) is 10.8 Å². The van der Waals surface area contributed by atoms with Gasteiger partial charge < -0.3 is 10.4 Å². The first-order chi connectivity index (χ1) is 19.3. The van der Waals surface area contributed by atoms with Gasteiger partial charge in [0.25, 0.3) is 16.0 Å². The van der Waals surface area contributed by atoms with E-state index in [4.69, 9.17) is 27.8 Å². The van der Waals surface area contributed by atoms with Crippen molar-refractivity contribution < 1.29 is 37.0 Å². The molecule has 10 nitrogen and oxygen atoms in total. The Morgan fingerprint density at radius 3 is 2.61 bits per heavy atom. The summed E-state index contributed by atoms with van der Waals surface area (Å²) in [5, 5.41) is 13.1. The lowest BCUT2D eigenvalue weighted by Crippen LogP contribution is -2.70. The highest BCUT2D eigenvalue weighted by Gasteiger charge is 2.54. The average Bonchev–Trinajstić information content (AvgIpc) is 2.91. The second-order valence-electron chi connectivity index (χ2n) is 9.23. The van der Waals surface area contributed by atoms with Gasteiger partial charge in [0.15, 0.2) is 18.4 Å². The lowest BCUT2D eigenvalue weighted by molar-refractivity contribution is -0.699. The quantitative estimate of drug-likeness (QED) is 0.140. The van der Waals surface area contributed by atoms with E-state index in [0.29, 0.717) is 32.0 Å². The predicted octanol–water partition coefficient (Wildman–Crippen LogP) is 3.41. The van der Waals surface area contributed by atoms with Gasteiger partial charge in [0, 0.05) is 44.9 Å². The number of carboxylic acid groups (broad SMARTS) is 1. The number of β-lactam (4-membered cyclic amide) rings is 1. The number of aromatic nitrogens is 1. The van der Waals surface area contributed by atoms with Crippen LogP contribution in [0.3, 0.4) is 0 Å². The van der Waals surface area contributed by atoms with E-state index in [0.717, 1.165) is 16.2 Å². The van der Waals surface area contributed by atoms with E-state index in [1.165, 1.54) is 40.2 Å². The molecule has 1 aromatic heterocycles. The van der Waals surface area contributed by atoms with Crippen molar-refractivity contribution in [3.8, 4) is 0 Å². The summed E-state index contributed by atoms with van der Waals surface area (Å²) in [7, 11) is -4.09. The zero-order chi connectivity index (χ0) is 30.1. The summed E-state index contributed by atoms with van der Waals surface area (Å²) >= 11 is 16.1. The molecule has 41 heavy (non-hydrogen) atoms. The van der Waals surface area contributed by atoms with E-state index >= 15 is 0 Å². The van der Waals surface area contributed by atoms with Gasteiger partial charge in [-0.25, -0.2) is 9.36 Å². The van der Waals surface area contributed by atoms with Gasteiger partial charge in [-0.3, -0.25) is 19.0 Å². The fraction of sp³-hybridized carbons (Fsp3) is 0.360. The highest BCUT2D eigenvalue weighted by atomic mass is 35.5. The lowest BCUT2D eigenvalue weighted by Gasteiger charge is -2.49. The Kier molecular flexibility index (Phi) is 10.3. The summed E-state index contributed by atoms with van der Waals surface area (Å²) in [6, 6.07) is 5.91. The predicted molar refractivity (Wildman–Crippen MR) is 160 cm³/mol. The van der Waals surface area contributed by atoms with Crippen molar-refractivity contribution in [2.45, 2.75) is 41.6 Å². The zero-order valence-corrected chi connectivity index (χ0v) is 26.6. The fourth-order valence-corrected chi connectivity index (χ4v) is 8.60. The second kappa shape index (κ2) is 13.1. The van der Waals surface area contributed by atoms with Crippen molar-refractivity contribution in [3.63, 3.8) is 0 Å². The molecule has 2 atom stereocenters. The number of hydrogen-bond acceptors (Lipinski definition) is 8. The maximum atomic E-state index is 13.0. The van der Waals surface area contributed by atoms with Gasteiger partial charge in [0.1, 0.15) is 22.9 Å². The van der Waals surface area contributed by atoms with Crippen LogP contribution in [0.15, 0.2) is 51.5 Å². The summed E-state index contributed by atoms with van der Waals surface area (Å²) in [5.41, 5.74) is 2.24. The molecule has 1 saturated heterocycles. The maximum absolute atomic E-state index is 13.0. The number of carbonyl (C=O) groups is 3. The maximum Gasteiger partial charge on any atom is 0.352 e. The molecule has 0 saturated carbocycles. The second-order valence-corrected chi connectivity index (χ2v) is 14.8. The van der Waals surface area contributed by atoms with Crippen LogP contribution < -0.4 is 9.88 Å². The standard InChI is InChI=1S/C25H25Cl2N3O7S4/c1-13-14(2)29(7-8-41(35,36)37)6-5-18(13)38-10-15-11-40-24-21(23(32)30(24)22(15)25(33)34)28-20(31)12-39-19-9-16(26)3-4-17(19)27/h3-6,9,21,24H,7-8,10-12H2,1-2H3,(H2-,28,31,33,34,35,36,37)/p+1/t21-,24-/m1/s1. The van der Waals surface area contributed by atoms with Gasteiger partial charge in [0.2, 0.25) is 5.91 Å². The Bertz CT molecular complexity index is 1550. The number of aryl methyl sites for hydroxylation is 1. The summed E-state index contributed by atoms with van der Waals surface area (Å²) in [6.45, 7) is 3.82. The largest absolute Gasteiger partial charge is 0.477 e. The number of carboxylic acids is 1. The minimum atomic E-state index is -4.09. The molecule has 1 fully saturated rings. The van der Waals surface area contributed by atoms with Crippen LogP contribution in [-0.2, 0) is 31.0 Å². The number of nitrogens with zero attached hydrogens (tertiary/aromatic N) is 2. The number of pyridine rings is 1. The molecule has 0 aliphatic carbocycles. The van der Waals surface area contributed by atoms with E-state index < -0.39 is 39.2 Å². The molecule has 0 unspecified atom stereocenters. The third-order valence-corrected chi connectivity index (χ3v) is 11.6. The number of hydrogen-bond donors (Lipinski definition) is 3. The third kappa shape index (κ3) is 7.53. The number of carbonyl (C=O) groups excluding carboxylic acids is 2. The first-order valence-electron chi connectivity index (χ1n) is 12.1. The smallest absolute Gasteiger partial charge is 0.352 e. The summed E-state index contributed by atoms with van der Waals surface area (Å²) in [4.78, 5) is 40.6. The van der Waals surface area contributed by atoms with Crippen LogP contribution in [0.4, 0.5) is 0 Å². The van der Waals surface area contributed by atoms with E-state index in [9.17, 15) is 27.9 Å². The molecule has 3 N–H and O–H groups in total. The Hall–Kier alpha value is -1.94. The molecule has 3 heterocycles. The van der Waals surface area contributed by atoms with Crippen LogP contribution >= 0.6 is 58.5 Å². The highest BCUT2D eigenvalue weighted by Crippen LogP contribution is 2.42. The van der Waals surface area contributed by atoms with Gasteiger partial charge in [-0.15, -0.1) is 35.3 Å². The van der Waals surface area contributed by atoms with Crippen molar-refractivity contribution in [1.29, 1.82) is 0 Å². The van der Waals surface area contributed by atoms with Crippen LogP contribution in [-0.4, -0.2) is 75.2 Å². The molecule has 4 rings (SSSR count). The van der Waals surface area contributed by atoms with Crippen molar-refractivity contribution in [1.82, 2.24) is 10.2 Å². The summed E-state index contributed by atoms with van der Waals surface area (Å²) in [5.74, 6) is -1.76. The number of fused-ring (bicyclic) bond motifs is 1. The van der Waals surface area contributed by atoms with Crippen molar-refractivity contribution in [2.24, 2.45) is 0 Å². The number of nitrogens with one attached hydrogen (secondary N) is 1. The fourth-order valence-electron chi connectivity index (χ4n) is 4.31. The average molecular weight is 680 g/mol. The van der Waals surface area contributed by atoms with E-state index in [1.807, 2.05) is 19.9 Å². The zero-order valence-electron chi connectivity index (χ0n) is 21.8. The molecule has 16 heteroatoms. The molecule has 1 aromatic carbocycles. The third-order valence-electron chi connectivity index (χ3n) is 6.56. The Morgan fingerprint density at radius 1 is 1.20 bits per heavy atom. The molecule has 0 bridgehead atoms. The van der Waals surface area contributed by atoms with Crippen LogP contribution in [0, 0.1) is 13.8 Å². The van der Waals surface area contributed by atoms with Crippen LogP contribution in [0.5, 0.6) is 0 Å². The molecule has 0 spiro atoms. The van der Waals surface area contributed by atoms with Crippen molar-refractivity contribution >= 4 is 86.4 Å². The summed E-state index contributed by atoms with van der Waals surface area (Å²) in [6.07, 6.45) is 1.72. The monoisotopic (exact) mass is 678 g/mol. The van der Waals surface area contributed by atoms with E-state index in [2.05, 4.69) is 5.32 Å². The first-order valence-corrected chi connectivity index (χ1v) is 17.5. The minimum Gasteiger partial charge on any atom is -0.477 e. The van der Waals surface area contributed by atoms with Crippen LogP contribution in [0.25, 0.3) is 0 Å². The highest BCUT2D eigenvalue weighted by molar-refractivity contribution is 8.01. The van der Waals surface area contributed by atoms with Gasteiger partial charge >= 0.3 is 5.97 Å². The van der Waals surface area contributed by atoms with Crippen molar-refractivity contribution in [3.05, 3.63) is 63.0 Å². The Morgan fingerprint density at radius 2 is 1.93 bits per heavy atom. The van der Waals surface area contributed by atoms with Gasteiger partial charge in [-0.1, -0.05) is 23.2 Å².